The van der Waals surface area contributed by atoms with E-state index in [1.165, 1.54) is 17.3 Å². The van der Waals surface area contributed by atoms with Crippen molar-refractivity contribution in [3.05, 3.63) is 18.9 Å². The zero-order chi connectivity index (χ0) is 11.3. The smallest absolute Gasteiger partial charge is 0.358 e. The molecule has 0 unspecified atom stereocenters. The molecule has 0 aliphatic heterocycles. The van der Waals surface area contributed by atoms with Crippen LogP contribution in [0.25, 0.3) is 5.70 Å². The highest BCUT2D eigenvalue weighted by Crippen LogP contribution is 2.05. The van der Waals surface area contributed by atoms with Crippen molar-refractivity contribution in [1.29, 1.82) is 0 Å². The van der Waals surface area contributed by atoms with E-state index in [-0.39, 0.29) is 0 Å². The van der Waals surface area contributed by atoms with Crippen molar-refractivity contribution in [2.75, 3.05) is 20.7 Å². The summed E-state index contributed by atoms with van der Waals surface area (Å²) in [5, 5.41) is 3.88. The Hall–Kier alpha value is -1.85. The summed E-state index contributed by atoms with van der Waals surface area (Å²) < 4.78 is 6.28. The lowest BCUT2D eigenvalue weighted by atomic mass is 10.4. The Morgan fingerprint density at radius 3 is 2.80 bits per heavy atom. The number of carbonyl (C=O) groups excluding carboxylic acids is 1. The fourth-order valence-electron chi connectivity index (χ4n) is 0.988. The molecule has 0 atom stereocenters. The predicted octanol–water partition coefficient (Wildman–Crippen LogP) is 0.201. The Labute approximate surface area is 88.2 Å². The van der Waals surface area contributed by atoms with Crippen molar-refractivity contribution in [2.45, 2.75) is 6.92 Å². The van der Waals surface area contributed by atoms with Crippen molar-refractivity contribution >= 4 is 11.7 Å². The average Bonchev–Trinajstić information content (AvgIpc) is 2.66. The molecule has 0 saturated carbocycles. The van der Waals surface area contributed by atoms with E-state index in [1.54, 1.807) is 18.0 Å². The third-order valence-electron chi connectivity index (χ3n) is 1.53. The van der Waals surface area contributed by atoms with Gasteiger partial charge in [0.25, 0.3) is 0 Å². The molecule has 0 spiro atoms. The minimum absolute atomic E-state index is 0.332. The molecule has 1 aromatic rings. The van der Waals surface area contributed by atoms with Crippen LogP contribution in [0.4, 0.5) is 0 Å². The van der Waals surface area contributed by atoms with E-state index in [9.17, 15) is 4.79 Å². The third-order valence-corrected chi connectivity index (χ3v) is 1.53. The highest BCUT2D eigenvalue weighted by molar-refractivity contribution is 6.09. The van der Waals surface area contributed by atoms with Crippen LogP contribution in [0.3, 0.4) is 0 Å². The summed E-state index contributed by atoms with van der Waals surface area (Å²) in [7, 11) is 3.63. The summed E-state index contributed by atoms with van der Waals surface area (Å²) in [4.78, 5) is 17.1. The lowest BCUT2D eigenvalue weighted by Gasteiger charge is -2.10. The number of esters is 1. The maximum atomic E-state index is 11.6. The van der Waals surface area contributed by atoms with E-state index in [1.807, 2.05) is 14.1 Å². The van der Waals surface area contributed by atoms with Crippen molar-refractivity contribution in [3.63, 3.8) is 0 Å². The van der Waals surface area contributed by atoms with Crippen LogP contribution in [0.5, 0.6) is 0 Å². The number of ether oxygens (including phenoxy) is 1. The fraction of sp³-hybridized carbons (Fsp3) is 0.444. The molecule has 0 saturated heterocycles. The molecule has 1 rings (SSSR count). The second kappa shape index (κ2) is 5.14. The molecule has 0 radical (unpaired) electrons. The van der Waals surface area contributed by atoms with E-state index in [4.69, 9.17) is 4.74 Å². The second-order valence-electron chi connectivity index (χ2n) is 3.04. The van der Waals surface area contributed by atoms with Gasteiger partial charge in [-0.2, -0.15) is 5.10 Å². The lowest BCUT2D eigenvalue weighted by Crippen LogP contribution is -2.16. The second-order valence-corrected chi connectivity index (χ2v) is 3.04. The molecule has 0 aromatic carbocycles. The number of rotatable bonds is 4. The zero-order valence-corrected chi connectivity index (χ0v) is 9.04. The van der Waals surface area contributed by atoms with E-state index in [0.29, 0.717) is 12.3 Å². The zero-order valence-electron chi connectivity index (χ0n) is 9.04. The summed E-state index contributed by atoms with van der Waals surface area (Å²) in [6.07, 6.45) is 4.45. The molecule has 82 valence electrons. The minimum atomic E-state index is -0.420. The van der Waals surface area contributed by atoms with Gasteiger partial charge in [-0.15, -0.1) is 0 Å². The first kappa shape index (κ1) is 11.2. The SMILES string of the molecule is CCOC(=O)/C(=C/N(C)C)n1cncn1. The molecule has 0 aliphatic rings. The topological polar surface area (TPSA) is 60.2 Å². The highest BCUT2D eigenvalue weighted by Gasteiger charge is 2.13. The first-order chi connectivity index (χ1) is 7.15. The molecule has 6 heteroatoms. The van der Waals surface area contributed by atoms with Crippen LogP contribution in [0, 0.1) is 0 Å². The van der Waals surface area contributed by atoms with E-state index >= 15 is 0 Å². The van der Waals surface area contributed by atoms with Gasteiger partial charge in [0.2, 0.25) is 0 Å². The van der Waals surface area contributed by atoms with E-state index < -0.39 is 5.97 Å². The molecular weight excluding hydrogens is 196 g/mol. The molecule has 0 fully saturated rings. The Bertz CT molecular complexity index is 343. The van der Waals surface area contributed by atoms with Crippen LogP contribution in [-0.4, -0.2) is 46.3 Å². The normalized spacial score (nSPS) is 11.3. The van der Waals surface area contributed by atoms with Crippen LogP contribution >= 0.6 is 0 Å². The number of carbonyl (C=O) groups is 1. The van der Waals surface area contributed by atoms with Gasteiger partial charge in [0.15, 0.2) is 5.70 Å². The quantitative estimate of drug-likeness (QED) is 0.525. The van der Waals surface area contributed by atoms with Gasteiger partial charge in [-0.25, -0.2) is 14.5 Å². The van der Waals surface area contributed by atoms with E-state index in [2.05, 4.69) is 10.1 Å². The number of hydrogen-bond donors (Lipinski definition) is 0. The maximum Gasteiger partial charge on any atom is 0.358 e. The summed E-state index contributed by atoms with van der Waals surface area (Å²) in [5.41, 5.74) is 0.333. The van der Waals surface area contributed by atoms with Gasteiger partial charge >= 0.3 is 5.97 Å². The molecule has 0 N–H and O–H groups in total. The van der Waals surface area contributed by atoms with Gasteiger partial charge in [0.1, 0.15) is 12.7 Å². The van der Waals surface area contributed by atoms with Crippen LogP contribution in [0.2, 0.25) is 0 Å². The van der Waals surface area contributed by atoms with Crippen molar-refractivity contribution in [3.8, 4) is 0 Å². The van der Waals surface area contributed by atoms with Gasteiger partial charge in [-0.1, -0.05) is 0 Å². The van der Waals surface area contributed by atoms with Gasteiger partial charge in [-0.3, -0.25) is 0 Å². The molecular formula is C9H14N4O2. The number of hydrogen-bond acceptors (Lipinski definition) is 5. The first-order valence-electron chi connectivity index (χ1n) is 4.55. The van der Waals surface area contributed by atoms with Crippen LogP contribution in [0.1, 0.15) is 6.92 Å². The molecule has 0 bridgehead atoms. The van der Waals surface area contributed by atoms with Crippen LogP contribution in [0.15, 0.2) is 18.9 Å². The molecule has 0 aliphatic carbocycles. The maximum absolute atomic E-state index is 11.6. The van der Waals surface area contributed by atoms with Crippen molar-refractivity contribution in [2.24, 2.45) is 0 Å². The Morgan fingerprint density at radius 1 is 1.60 bits per heavy atom. The lowest BCUT2D eigenvalue weighted by molar-refractivity contribution is -0.136. The molecule has 1 aromatic heterocycles. The van der Waals surface area contributed by atoms with E-state index in [0.717, 1.165) is 0 Å². The van der Waals surface area contributed by atoms with Gasteiger partial charge in [-0.05, 0) is 6.92 Å². The fourth-order valence-corrected chi connectivity index (χ4v) is 0.988. The molecule has 15 heavy (non-hydrogen) atoms. The summed E-state index contributed by atoms with van der Waals surface area (Å²) >= 11 is 0. The third kappa shape index (κ3) is 3.08. The summed E-state index contributed by atoms with van der Waals surface area (Å²) in [6, 6.07) is 0. The highest BCUT2D eigenvalue weighted by atomic mass is 16.5. The van der Waals surface area contributed by atoms with Gasteiger partial charge in [0, 0.05) is 20.3 Å². The predicted molar refractivity (Wildman–Crippen MR) is 54.6 cm³/mol. The van der Waals surface area contributed by atoms with Crippen LogP contribution < -0.4 is 0 Å². The largest absolute Gasteiger partial charge is 0.461 e. The average molecular weight is 210 g/mol. The Kier molecular flexibility index (Phi) is 3.84. The Morgan fingerprint density at radius 2 is 2.33 bits per heavy atom. The van der Waals surface area contributed by atoms with Crippen molar-refractivity contribution < 1.29 is 9.53 Å². The van der Waals surface area contributed by atoms with Crippen molar-refractivity contribution in [1.82, 2.24) is 19.7 Å². The monoisotopic (exact) mass is 210 g/mol. The van der Waals surface area contributed by atoms with Crippen LogP contribution in [-0.2, 0) is 9.53 Å². The van der Waals surface area contributed by atoms with Gasteiger partial charge < -0.3 is 9.64 Å². The standard InChI is InChI=1S/C9H14N4O2/c1-4-15-9(14)8(5-12(2)3)13-7-10-6-11-13/h5-7H,4H2,1-3H3/b8-5-. The summed E-state index contributed by atoms with van der Waals surface area (Å²) in [6.45, 7) is 2.09. The van der Waals surface area contributed by atoms with Gasteiger partial charge in [0.05, 0.1) is 6.61 Å². The molecule has 6 nitrogen and oxygen atoms in total. The number of aromatic nitrogens is 3. The Balaban J connectivity index is 2.94. The first-order valence-corrected chi connectivity index (χ1v) is 4.55. The minimum Gasteiger partial charge on any atom is -0.461 e. The molecule has 0 amide bonds. The summed E-state index contributed by atoms with van der Waals surface area (Å²) in [5.74, 6) is -0.420. The molecule has 1 heterocycles. The number of nitrogens with zero attached hydrogens (tertiary/aromatic N) is 4.